The molecule has 1 aliphatic rings. The lowest BCUT2D eigenvalue weighted by molar-refractivity contribution is -0.268. The molecule has 1 fully saturated rings. The molecule has 1 aliphatic heterocycles. The predicted molar refractivity (Wildman–Crippen MR) is 191 cm³/mol. The average molecular weight is 693 g/mol. The molecule has 0 saturated carbocycles. The summed E-state index contributed by atoms with van der Waals surface area (Å²) in [6, 6.07) is 35.5. The highest BCUT2D eigenvalue weighted by molar-refractivity contribution is 7.99. The first-order valence-corrected chi connectivity index (χ1v) is 17.6. The number of amides is 1. The second kappa shape index (κ2) is 16.3. The first kappa shape index (κ1) is 35.1. The Morgan fingerprint density at radius 2 is 1.48 bits per heavy atom. The van der Waals surface area contributed by atoms with Crippen molar-refractivity contribution in [3.8, 4) is 22.6 Å². The molecule has 0 spiro atoms. The zero-order valence-electron chi connectivity index (χ0n) is 28.2. The van der Waals surface area contributed by atoms with Crippen LogP contribution in [0.1, 0.15) is 55.4 Å². The van der Waals surface area contributed by atoms with Crippen molar-refractivity contribution in [1.82, 2.24) is 10.3 Å². The number of nitrogens with zero attached hydrogens (tertiary/aromatic N) is 1. The zero-order valence-corrected chi connectivity index (χ0v) is 29.0. The van der Waals surface area contributed by atoms with Gasteiger partial charge in [-0.3, -0.25) is 9.59 Å². The van der Waals surface area contributed by atoms with Crippen molar-refractivity contribution in [2.75, 3.05) is 5.75 Å². The summed E-state index contributed by atoms with van der Waals surface area (Å²) in [5, 5.41) is 13.0. The van der Waals surface area contributed by atoms with Gasteiger partial charge in [0, 0.05) is 41.8 Å². The van der Waals surface area contributed by atoms with Crippen molar-refractivity contribution in [3.63, 3.8) is 0 Å². The summed E-state index contributed by atoms with van der Waals surface area (Å²) < 4.78 is 24.6. The van der Waals surface area contributed by atoms with Crippen LogP contribution in [0.15, 0.2) is 119 Å². The van der Waals surface area contributed by atoms with Crippen molar-refractivity contribution < 1.29 is 33.3 Å². The summed E-state index contributed by atoms with van der Waals surface area (Å²) in [4.78, 5) is 28.4. The van der Waals surface area contributed by atoms with Gasteiger partial charge in [0.25, 0.3) is 11.1 Å². The van der Waals surface area contributed by atoms with Crippen LogP contribution in [0.2, 0.25) is 0 Å². The van der Waals surface area contributed by atoms with Crippen molar-refractivity contribution >= 4 is 23.6 Å². The second-order valence-electron chi connectivity index (χ2n) is 12.2. The fraction of sp³-hybridized carbons (Fsp3) is 0.275. The Morgan fingerprint density at radius 3 is 2.12 bits per heavy atom. The smallest absolute Gasteiger partial charge is 0.303 e. The number of hydrogen-bond acceptors (Lipinski definition) is 9. The summed E-state index contributed by atoms with van der Waals surface area (Å²) in [6.07, 6.45) is -2.04. The monoisotopic (exact) mass is 692 g/mol. The minimum Gasteiger partial charge on any atom is -0.453 e. The number of esters is 1. The Morgan fingerprint density at radius 1 is 0.860 bits per heavy atom. The van der Waals surface area contributed by atoms with Gasteiger partial charge in [-0.1, -0.05) is 128 Å². The van der Waals surface area contributed by atoms with E-state index in [4.69, 9.17) is 23.6 Å². The van der Waals surface area contributed by atoms with Crippen molar-refractivity contribution in [1.29, 1.82) is 0 Å². The molecule has 1 amide bonds. The van der Waals surface area contributed by atoms with E-state index in [-0.39, 0.29) is 37.2 Å². The van der Waals surface area contributed by atoms with Gasteiger partial charge in [-0.2, -0.15) is 0 Å². The summed E-state index contributed by atoms with van der Waals surface area (Å²) in [7, 11) is 0. The number of aliphatic hydroxyl groups is 1. The minimum absolute atomic E-state index is 0.0235. The second-order valence-corrected chi connectivity index (χ2v) is 13.2. The van der Waals surface area contributed by atoms with Gasteiger partial charge in [-0.25, -0.2) is 4.98 Å². The van der Waals surface area contributed by atoms with Crippen molar-refractivity contribution in [3.05, 3.63) is 131 Å². The number of nitrogens with one attached hydrogen (secondary N) is 1. The molecule has 0 aliphatic carbocycles. The van der Waals surface area contributed by atoms with Crippen LogP contribution in [0, 0.1) is 5.92 Å². The molecule has 258 valence electrons. The standard InChI is InChI=1S/C40H40N2O7S/c1-25-34(24-50-40-42-35(30-10-6-4-7-11-30)37(49-40)31-12-8-5-9-13-31)47-39(48-36(25)32-18-16-29(23-43)17-19-32)33-20-14-28(15-21-33)22-41-38(45)26(2)46-27(3)44/h4-21,25-26,34,36,39,43H,22-24H2,1-3H3,(H,41,45)/t25-,26-,34+,36+,39+/m0/s1. The topological polar surface area (TPSA) is 120 Å². The van der Waals surface area contributed by atoms with Crippen LogP contribution in [0.25, 0.3) is 22.6 Å². The van der Waals surface area contributed by atoms with Gasteiger partial charge in [0.05, 0.1) is 18.8 Å². The molecular weight excluding hydrogens is 653 g/mol. The minimum atomic E-state index is -0.873. The molecule has 0 radical (unpaired) electrons. The molecule has 9 nitrogen and oxygen atoms in total. The number of carbonyl (C=O) groups excluding carboxylic acids is 2. The van der Waals surface area contributed by atoms with Gasteiger partial charge in [0.15, 0.2) is 18.2 Å². The van der Waals surface area contributed by atoms with Crippen LogP contribution >= 0.6 is 11.8 Å². The highest BCUT2D eigenvalue weighted by Crippen LogP contribution is 2.44. The first-order chi connectivity index (χ1) is 24.3. The number of aromatic nitrogens is 1. The van der Waals surface area contributed by atoms with E-state index in [1.165, 1.54) is 25.6 Å². The number of thioether (sulfide) groups is 1. The third-order valence-corrected chi connectivity index (χ3v) is 9.53. The van der Waals surface area contributed by atoms with E-state index in [0.29, 0.717) is 11.0 Å². The highest BCUT2D eigenvalue weighted by Gasteiger charge is 2.38. The van der Waals surface area contributed by atoms with Gasteiger partial charge >= 0.3 is 5.97 Å². The summed E-state index contributed by atoms with van der Waals surface area (Å²) in [6.45, 7) is 5.17. The first-order valence-electron chi connectivity index (χ1n) is 16.6. The Balaban J connectivity index is 1.21. The lowest BCUT2D eigenvalue weighted by Crippen LogP contribution is -2.38. The van der Waals surface area contributed by atoms with Crippen LogP contribution < -0.4 is 5.32 Å². The maximum absolute atomic E-state index is 12.3. The zero-order chi connectivity index (χ0) is 35.0. The third-order valence-electron chi connectivity index (χ3n) is 8.62. The molecule has 2 N–H and O–H groups in total. The van der Waals surface area contributed by atoms with E-state index < -0.39 is 18.4 Å². The molecule has 5 atom stereocenters. The molecule has 0 unspecified atom stereocenters. The maximum atomic E-state index is 12.3. The summed E-state index contributed by atoms with van der Waals surface area (Å²) >= 11 is 1.51. The number of ether oxygens (including phenoxy) is 3. The molecular formula is C40H40N2O7S. The van der Waals surface area contributed by atoms with Crippen LogP contribution in [0.5, 0.6) is 0 Å². The van der Waals surface area contributed by atoms with Gasteiger partial charge in [-0.15, -0.1) is 0 Å². The van der Waals surface area contributed by atoms with Gasteiger partial charge in [-0.05, 0) is 23.6 Å². The number of aliphatic hydroxyl groups excluding tert-OH is 1. The fourth-order valence-electron chi connectivity index (χ4n) is 5.83. The Hall–Kier alpha value is -4.74. The fourth-order valence-corrected chi connectivity index (χ4v) is 6.82. The number of hydrogen-bond donors (Lipinski definition) is 2. The van der Waals surface area contributed by atoms with Gasteiger partial charge in [0.2, 0.25) is 0 Å². The van der Waals surface area contributed by atoms with Crippen LogP contribution in [-0.2, 0) is 37.0 Å². The summed E-state index contributed by atoms with van der Waals surface area (Å²) in [5.41, 5.74) is 6.25. The molecule has 50 heavy (non-hydrogen) atoms. The van der Waals surface area contributed by atoms with E-state index in [1.807, 2.05) is 109 Å². The van der Waals surface area contributed by atoms with E-state index in [9.17, 15) is 14.7 Å². The van der Waals surface area contributed by atoms with Crippen LogP contribution in [0.3, 0.4) is 0 Å². The highest BCUT2D eigenvalue weighted by atomic mass is 32.2. The molecule has 1 aromatic heterocycles. The number of benzene rings is 4. The van der Waals surface area contributed by atoms with Crippen molar-refractivity contribution in [2.24, 2.45) is 5.92 Å². The molecule has 0 bridgehead atoms. The Labute approximate surface area is 296 Å². The lowest BCUT2D eigenvalue weighted by Gasteiger charge is -2.41. The summed E-state index contributed by atoms with van der Waals surface area (Å²) in [5.74, 6) is 0.388. The molecule has 1 saturated heterocycles. The normalized spacial score (nSPS) is 19.4. The SMILES string of the molecule is CC(=O)O[C@@H](C)C(=O)NCc1ccc([C@@H]2O[C@H](CSc3nc(-c4ccccc4)c(-c4ccccc4)o3)[C@H](C)[C@H](c3ccc(CO)cc3)O2)cc1. The van der Waals surface area contributed by atoms with E-state index in [2.05, 4.69) is 12.2 Å². The van der Waals surface area contributed by atoms with Crippen LogP contribution in [0.4, 0.5) is 0 Å². The third kappa shape index (κ3) is 8.51. The molecule has 5 aromatic rings. The number of carbonyl (C=O) groups is 2. The van der Waals surface area contributed by atoms with Gasteiger partial charge in [0.1, 0.15) is 5.69 Å². The number of oxazole rings is 1. The molecule has 2 heterocycles. The van der Waals surface area contributed by atoms with Gasteiger partial charge < -0.3 is 29.1 Å². The van der Waals surface area contributed by atoms with E-state index in [0.717, 1.165) is 44.8 Å². The van der Waals surface area contributed by atoms with E-state index >= 15 is 0 Å². The molecule has 6 rings (SSSR count). The lowest BCUT2D eigenvalue weighted by atomic mass is 9.91. The molecule has 4 aromatic carbocycles. The quantitative estimate of drug-likeness (QED) is 0.100. The predicted octanol–water partition coefficient (Wildman–Crippen LogP) is 7.65. The largest absolute Gasteiger partial charge is 0.453 e. The number of rotatable bonds is 12. The Kier molecular flexibility index (Phi) is 11.5. The van der Waals surface area contributed by atoms with Crippen LogP contribution in [-0.4, -0.2) is 39.9 Å². The Bertz CT molecular complexity index is 1810. The maximum Gasteiger partial charge on any atom is 0.303 e. The van der Waals surface area contributed by atoms with Crippen molar-refractivity contribution in [2.45, 2.75) is 63.7 Å². The average Bonchev–Trinajstić information content (AvgIpc) is 3.58. The van der Waals surface area contributed by atoms with E-state index in [1.54, 1.807) is 0 Å². The molecule has 10 heteroatoms.